The molecule has 0 saturated heterocycles. The third-order valence-corrected chi connectivity index (χ3v) is 0. The molecule has 0 aliphatic heterocycles. The summed E-state index contributed by atoms with van der Waals surface area (Å²) in [4.78, 5) is 0. The van der Waals surface area contributed by atoms with Crippen LogP contribution in [0, 0.1) is 0 Å². The van der Waals surface area contributed by atoms with Gasteiger partial charge in [0, 0.05) is 0 Å². The quantitative estimate of drug-likeness (QED) is 0.236. The Bertz CT molecular complexity index is 101. The third-order valence-electron chi connectivity index (χ3n) is 0. The molecular weight excluding hydrogens is 194 g/mol. The first-order valence-corrected chi connectivity index (χ1v) is 4.10. The zero-order chi connectivity index (χ0) is 8.50. The summed E-state index contributed by atoms with van der Waals surface area (Å²) < 4.78 is 40.4. The third kappa shape index (κ3) is 811. The number of hydrogen-bond acceptors (Lipinski definition) is 4. The van der Waals surface area contributed by atoms with Crippen molar-refractivity contribution in [2.75, 3.05) is 0 Å². The van der Waals surface area contributed by atoms with Crippen molar-refractivity contribution in [2.24, 2.45) is 9.43 Å². The smallest absolute Gasteiger partial charge is 0.394 e. The first-order valence-electron chi connectivity index (χ1n) is 1.37. The zero-order valence-electron chi connectivity index (χ0n) is 4.93. The average Bonchev–Trinajstić information content (AvgIpc) is 1.72. The lowest BCUT2D eigenvalue weighted by atomic mass is 13.9. The minimum atomic E-state index is -4.67. The molecule has 0 amide bonds. The molecule has 0 aliphatic rings. The molecule has 10 heteroatoms. The van der Waals surface area contributed by atoms with E-state index in [9.17, 15) is 0 Å². The summed E-state index contributed by atoms with van der Waals surface area (Å²) in [7, 11) is -4.67. The molecule has 0 bridgehead atoms. The summed E-state index contributed by atoms with van der Waals surface area (Å²) in [5, 5.41) is 0. The Morgan fingerprint density at radius 1 is 1.00 bits per heavy atom. The lowest BCUT2D eigenvalue weighted by Gasteiger charge is -1.68. The fraction of sp³-hybridized carbons (Fsp3) is 0. The van der Waals surface area contributed by atoms with Gasteiger partial charge in [-0.25, -0.2) is 0 Å². The summed E-state index contributed by atoms with van der Waals surface area (Å²) in [6.45, 7) is 0. The Morgan fingerprint density at radius 2 is 1.00 bits per heavy atom. The molecule has 7 nitrogen and oxygen atoms in total. The van der Waals surface area contributed by atoms with Crippen LogP contribution in [0.1, 0.15) is 0 Å². The molecule has 4 radical (unpaired) electrons. The fourth-order valence-corrected chi connectivity index (χ4v) is 0. The highest BCUT2D eigenvalue weighted by Crippen LogP contribution is 1.59. The van der Waals surface area contributed by atoms with Crippen LogP contribution in [-0.4, -0.2) is 56.0 Å². The second-order valence-electron chi connectivity index (χ2n) is 0.448. The van der Waals surface area contributed by atoms with Crippen LogP contribution in [0.5, 0.6) is 0 Å². The van der Waals surface area contributed by atoms with Crippen molar-refractivity contribution in [1.29, 1.82) is 0 Å². The highest BCUT2D eigenvalue weighted by atomic mass is 32.3. The van der Waals surface area contributed by atoms with E-state index in [0.717, 1.165) is 0 Å². The lowest BCUT2D eigenvalue weighted by Crippen LogP contribution is -1.89. The fourth-order valence-electron chi connectivity index (χ4n) is 0. The topological polar surface area (TPSA) is 158 Å². The van der Waals surface area contributed by atoms with Gasteiger partial charge in [0.25, 0.3) is 0 Å². The van der Waals surface area contributed by atoms with Crippen molar-refractivity contribution in [2.45, 2.75) is 0 Å². The van der Waals surface area contributed by atoms with E-state index in [-0.39, 0.29) is 5.48 Å². The first-order chi connectivity index (χ1) is 4.00. The number of rotatable bonds is 0. The van der Waals surface area contributed by atoms with Gasteiger partial charge >= 0.3 is 10.4 Å². The van der Waals surface area contributed by atoms with Crippen LogP contribution in [-0.2, 0) is 10.4 Å². The summed E-state index contributed by atoms with van der Waals surface area (Å²) in [6.07, 6.45) is 0. The Labute approximate surface area is 75.9 Å². The predicted octanol–water partition coefficient (Wildman–Crippen LogP) is -3.42. The Balaban J connectivity index is -0.0000000315. The van der Waals surface area contributed by atoms with Crippen molar-refractivity contribution in [3.63, 3.8) is 0 Å². The second-order valence-corrected chi connectivity index (χ2v) is 1.34. The number of hydrogen-bond donors (Lipinski definition) is 4. The zero-order valence-corrected chi connectivity index (χ0v) is 8.05. The Hall–Kier alpha value is 0.815. The maximum absolute atomic E-state index is 8.74. The Kier molecular flexibility index (Phi) is 36.8. The number of nitrogens with two attached hydrogens (primary N) is 2. The van der Waals surface area contributed by atoms with E-state index in [2.05, 4.69) is 9.43 Å². The summed E-state index contributed by atoms with van der Waals surface area (Å²) in [6, 6.07) is 0. The second kappa shape index (κ2) is 16.4. The van der Waals surface area contributed by atoms with Crippen molar-refractivity contribution in [3.8, 4) is 0 Å². The maximum Gasteiger partial charge on any atom is 0.394 e. The van der Waals surface area contributed by atoms with Crippen LogP contribution in [0.4, 0.5) is 0 Å². The van der Waals surface area contributed by atoms with Gasteiger partial charge in [0.2, 0.25) is 33.0 Å². The van der Waals surface area contributed by atoms with Crippen molar-refractivity contribution in [3.05, 3.63) is 0 Å². The monoisotopic (exact) mass is 202 g/mol. The first kappa shape index (κ1) is 22.4. The minimum absolute atomic E-state index is 0. The van der Waals surface area contributed by atoms with Crippen molar-refractivity contribution < 1.29 is 23.0 Å². The molecule has 0 aromatic carbocycles. The molecule has 10 heavy (non-hydrogen) atoms. The highest BCUT2D eigenvalue weighted by molar-refractivity contribution is 7.79. The molecule has 8 N–H and O–H groups in total. The molecule has 0 aromatic rings. The molecule has 0 rings (SSSR count). The lowest BCUT2D eigenvalue weighted by molar-refractivity contribution is 0.381. The van der Waals surface area contributed by atoms with Crippen LogP contribution in [0.15, 0.2) is 0 Å². The van der Waals surface area contributed by atoms with Gasteiger partial charge in [0.1, 0.15) is 0 Å². The van der Waals surface area contributed by atoms with E-state index in [1.165, 1.54) is 0 Å². The van der Waals surface area contributed by atoms with Gasteiger partial charge < -0.3 is 14.9 Å². The molecule has 0 fully saturated rings. The largest absolute Gasteiger partial charge is 0.428 e. The molecule has 60 valence electrons. The molecule has 0 aromatic heterocycles. The molecule has 0 saturated carbocycles. The molecule has 0 atom stereocenters. The van der Waals surface area contributed by atoms with Gasteiger partial charge in [-0.1, -0.05) is 0 Å². The van der Waals surface area contributed by atoms with E-state index in [1.807, 2.05) is 33.0 Å². The van der Waals surface area contributed by atoms with Gasteiger partial charge in [0.05, 0.1) is 0 Å². The van der Waals surface area contributed by atoms with E-state index >= 15 is 0 Å². The standard InChI is InChI=1S/2Al.2H2N.H2O4S.H2O/c;;;;1-5(2,3)4;/h;;2*1H2;(H2,1,2,3,4);1H2/q2*+1;2*-1;;. The predicted molar refractivity (Wildman–Crippen MR) is 37.7 cm³/mol. The van der Waals surface area contributed by atoms with Crippen LogP contribution >= 0.6 is 0 Å². The normalized spacial score (nSPS) is 6.80. The minimum Gasteiger partial charge on any atom is -0.428 e. The molecular formula is H8Al2N2O5S. The van der Waals surface area contributed by atoms with E-state index < -0.39 is 10.4 Å². The molecule has 0 aliphatic carbocycles. The van der Waals surface area contributed by atoms with Gasteiger partial charge in [-0.3, -0.25) is 9.11 Å². The SMILES string of the molecule is O.O=S(=O)(O)O.[NH2][Al].[NH2][Al]. The summed E-state index contributed by atoms with van der Waals surface area (Å²) in [5.74, 6) is 0. The van der Waals surface area contributed by atoms with Crippen LogP contribution in [0.3, 0.4) is 0 Å². The van der Waals surface area contributed by atoms with Gasteiger partial charge in [-0.05, 0) is 0 Å². The van der Waals surface area contributed by atoms with Crippen LogP contribution in [0.2, 0.25) is 0 Å². The van der Waals surface area contributed by atoms with Crippen molar-refractivity contribution >= 4 is 43.4 Å². The van der Waals surface area contributed by atoms with Crippen molar-refractivity contribution in [1.82, 2.24) is 0 Å². The molecule has 0 unspecified atom stereocenters. The molecule has 0 spiro atoms. The van der Waals surface area contributed by atoms with Gasteiger partial charge in [-0.2, -0.15) is 8.42 Å². The van der Waals surface area contributed by atoms with Gasteiger partial charge in [0.15, 0.2) is 0 Å². The van der Waals surface area contributed by atoms with Gasteiger partial charge in [-0.15, -0.1) is 0 Å². The van der Waals surface area contributed by atoms with Crippen LogP contribution in [0.25, 0.3) is 0 Å². The van der Waals surface area contributed by atoms with E-state index in [1.54, 1.807) is 0 Å². The average molecular weight is 202 g/mol. The summed E-state index contributed by atoms with van der Waals surface area (Å²) >= 11 is 3.83. The van der Waals surface area contributed by atoms with E-state index in [0.29, 0.717) is 0 Å². The van der Waals surface area contributed by atoms with E-state index in [4.69, 9.17) is 17.5 Å². The maximum atomic E-state index is 8.74. The summed E-state index contributed by atoms with van der Waals surface area (Å²) in [5.41, 5.74) is 0. The molecule has 0 heterocycles. The Morgan fingerprint density at radius 3 is 1.00 bits per heavy atom. The highest BCUT2D eigenvalue weighted by Gasteiger charge is 1.84. The van der Waals surface area contributed by atoms with Crippen LogP contribution < -0.4 is 9.43 Å².